The second kappa shape index (κ2) is 4.82. The Labute approximate surface area is 94.6 Å². The van der Waals surface area contributed by atoms with E-state index in [9.17, 15) is 9.59 Å². The molecular formula is C11H18N2O3. The molecule has 2 atom stereocenters. The Morgan fingerprint density at radius 2 is 1.94 bits per heavy atom. The third-order valence-corrected chi connectivity index (χ3v) is 3.11. The van der Waals surface area contributed by atoms with Crippen LogP contribution in [-0.4, -0.2) is 36.1 Å². The summed E-state index contributed by atoms with van der Waals surface area (Å²) in [5, 5.41) is 14.8. The van der Waals surface area contributed by atoms with Crippen molar-refractivity contribution in [3.05, 3.63) is 0 Å². The molecule has 3 N–H and O–H groups in total. The smallest absolute Gasteiger partial charge is 0.307 e. The molecule has 2 aliphatic carbocycles. The number of carboxylic acids is 1. The van der Waals surface area contributed by atoms with Crippen molar-refractivity contribution in [3.8, 4) is 0 Å². The highest BCUT2D eigenvalue weighted by Crippen LogP contribution is 2.38. The summed E-state index contributed by atoms with van der Waals surface area (Å²) in [6, 6.07) is 0.704. The van der Waals surface area contributed by atoms with E-state index < -0.39 is 11.9 Å². The maximum Gasteiger partial charge on any atom is 0.307 e. The average Bonchev–Trinajstić information content (AvgIpc) is 3.11. The first-order valence-electron chi connectivity index (χ1n) is 5.92. The summed E-state index contributed by atoms with van der Waals surface area (Å²) in [7, 11) is 0. The predicted molar refractivity (Wildman–Crippen MR) is 57.9 cm³/mol. The minimum absolute atomic E-state index is 0.0983. The van der Waals surface area contributed by atoms with Crippen LogP contribution in [-0.2, 0) is 9.59 Å². The van der Waals surface area contributed by atoms with Crippen molar-refractivity contribution in [1.82, 2.24) is 10.6 Å². The van der Waals surface area contributed by atoms with Crippen LogP contribution in [0, 0.1) is 11.8 Å². The van der Waals surface area contributed by atoms with Crippen LogP contribution in [0.15, 0.2) is 0 Å². The van der Waals surface area contributed by atoms with E-state index in [1.807, 2.05) is 0 Å². The molecule has 90 valence electrons. The molecule has 0 aromatic rings. The number of hydrogen-bond acceptors (Lipinski definition) is 3. The maximum absolute atomic E-state index is 11.4. The van der Waals surface area contributed by atoms with Gasteiger partial charge in [-0.25, -0.2) is 0 Å². The number of carbonyl (C=O) groups excluding carboxylic acids is 1. The molecule has 2 unspecified atom stereocenters. The Balaban J connectivity index is 1.49. The first-order chi connectivity index (χ1) is 7.68. The molecule has 5 heteroatoms. The Bertz CT molecular complexity index is 289. The quantitative estimate of drug-likeness (QED) is 0.532. The second-order valence-corrected chi connectivity index (χ2v) is 4.66. The third kappa shape index (κ3) is 3.20. The highest BCUT2D eigenvalue weighted by atomic mass is 16.4. The van der Waals surface area contributed by atoms with Gasteiger partial charge in [0.25, 0.3) is 0 Å². The van der Waals surface area contributed by atoms with E-state index in [4.69, 9.17) is 5.11 Å². The third-order valence-electron chi connectivity index (χ3n) is 3.11. The molecule has 2 aliphatic rings. The molecule has 0 aromatic heterocycles. The zero-order valence-corrected chi connectivity index (χ0v) is 9.24. The summed E-state index contributed by atoms with van der Waals surface area (Å²) >= 11 is 0. The Morgan fingerprint density at radius 3 is 2.50 bits per heavy atom. The fourth-order valence-electron chi connectivity index (χ4n) is 1.78. The van der Waals surface area contributed by atoms with Crippen molar-refractivity contribution in [2.24, 2.45) is 11.8 Å². The maximum atomic E-state index is 11.4. The largest absolute Gasteiger partial charge is 0.481 e. The van der Waals surface area contributed by atoms with Gasteiger partial charge >= 0.3 is 5.97 Å². The average molecular weight is 226 g/mol. The second-order valence-electron chi connectivity index (χ2n) is 4.66. The minimum Gasteiger partial charge on any atom is -0.481 e. The topological polar surface area (TPSA) is 78.4 Å². The van der Waals surface area contributed by atoms with Gasteiger partial charge in [-0.05, 0) is 32.2 Å². The van der Waals surface area contributed by atoms with Gasteiger partial charge in [0.15, 0.2) is 0 Å². The number of carbonyl (C=O) groups is 2. The Kier molecular flexibility index (Phi) is 3.43. The zero-order chi connectivity index (χ0) is 11.5. The van der Waals surface area contributed by atoms with Crippen LogP contribution >= 0.6 is 0 Å². The minimum atomic E-state index is -0.851. The number of amides is 1. The van der Waals surface area contributed by atoms with Crippen molar-refractivity contribution in [3.63, 3.8) is 0 Å². The predicted octanol–water partition coefficient (Wildman–Crippen LogP) is -0.0346. The first-order valence-corrected chi connectivity index (χ1v) is 5.92. The van der Waals surface area contributed by atoms with Crippen molar-refractivity contribution in [2.75, 3.05) is 13.1 Å². The van der Waals surface area contributed by atoms with Crippen LogP contribution in [0.1, 0.15) is 25.7 Å². The summed E-state index contributed by atoms with van der Waals surface area (Å²) in [5.41, 5.74) is 0. The molecule has 0 saturated heterocycles. The number of hydrogen-bond donors (Lipinski definition) is 3. The molecule has 0 aliphatic heterocycles. The van der Waals surface area contributed by atoms with Crippen molar-refractivity contribution in [1.29, 1.82) is 0 Å². The van der Waals surface area contributed by atoms with Gasteiger partial charge in [0, 0.05) is 12.6 Å². The van der Waals surface area contributed by atoms with Crippen LogP contribution < -0.4 is 10.6 Å². The lowest BCUT2D eigenvalue weighted by molar-refractivity contribution is -0.140. The molecule has 1 amide bonds. The van der Waals surface area contributed by atoms with E-state index in [-0.39, 0.29) is 11.8 Å². The van der Waals surface area contributed by atoms with Gasteiger partial charge in [-0.3, -0.25) is 9.59 Å². The molecule has 2 saturated carbocycles. The lowest BCUT2D eigenvalue weighted by Crippen LogP contribution is -2.29. The highest BCUT2D eigenvalue weighted by molar-refractivity contribution is 5.89. The molecule has 2 rings (SSSR count). The molecule has 0 heterocycles. The molecular weight excluding hydrogens is 208 g/mol. The summed E-state index contributed by atoms with van der Waals surface area (Å²) in [6.45, 7) is 1.57. The van der Waals surface area contributed by atoms with Gasteiger partial charge in [0.05, 0.1) is 11.8 Å². The summed E-state index contributed by atoms with van der Waals surface area (Å²) < 4.78 is 0. The van der Waals surface area contributed by atoms with Crippen LogP contribution in [0.2, 0.25) is 0 Å². The van der Waals surface area contributed by atoms with Gasteiger partial charge < -0.3 is 15.7 Å². The highest BCUT2D eigenvalue weighted by Gasteiger charge is 2.48. The molecule has 5 nitrogen and oxygen atoms in total. The van der Waals surface area contributed by atoms with E-state index in [1.165, 1.54) is 12.8 Å². The van der Waals surface area contributed by atoms with Crippen molar-refractivity contribution in [2.45, 2.75) is 31.7 Å². The SMILES string of the molecule is O=C(O)C1CC1C(=O)NCCCNC1CC1. The Morgan fingerprint density at radius 1 is 1.19 bits per heavy atom. The van der Waals surface area contributed by atoms with Gasteiger partial charge in [0.2, 0.25) is 5.91 Å². The van der Waals surface area contributed by atoms with Gasteiger partial charge in [0.1, 0.15) is 0 Å². The van der Waals surface area contributed by atoms with Crippen LogP contribution in [0.4, 0.5) is 0 Å². The lowest BCUT2D eigenvalue weighted by Gasteiger charge is -2.05. The monoisotopic (exact) mass is 226 g/mol. The van der Waals surface area contributed by atoms with E-state index in [1.54, 1.807) is 0 Å². The van der Waals surface area contributed by atoms with E-state index in [2.05, 4.69) is 10.6 Å². The molecule has 0 spiro atoms. The van der Waals surface area contributed by atoms with Crippen molar-refractivity contribution < 1.29 is 14.7 Å². The zero-order valence-electron chi connectivity index (χ0n) is 9.24. The molecule has 2 fully saturated rings. The van der Waals surface area contributed by atoms with Gasteiger partial charge in [-0.15, -0.1) is 0 Å². The van der Waals surface area contributed by atoms with E-state index in [0.717, 1.165) is 13.0 Å². The summed E-state index contributed by atoms with van der Waals surface area (Å²) in [4.78, 5) is 22.0. The van der Waals surface area contributed by atoms with Gasteiger partial charge in [-0.2, -0.15) is 0 Å². The number of nitrogens with one attached hydrogen (secondary N) is 2. The lowest BCUT2D eigenvalue weighted by atomic mass is 10.3. The summed E-state index contributed by atoms with van der Waals surface area (Å²) in [5.74, 6) is -1.67. The first kappa shape index (κ1) is 11.4. The van der Waals surface area contributed by atoms with E-state index in [0.29, 0.717) is 19.0 Å². The molecule has 16 heavy (non-hydrogen) atoms. The normalized spacial score (nSPS) is 27.5. The molecule has 0 bridgehead atoms. The summed E-state index contributed by atoms with van der Waals surface area (Å²) in [6.07, 6.45) is 3.96. The van der Waals surface area contributed by atoms with Crippen LogP contribution in [0.25, 0.3) is 0 Å². The fraction of sp³-hybridized carbons (Fsp3) is 0.818. The fourth-order valence-corrected chi connectivity index (χ4v) is 1.78. The van der Waals surface area contributed by atoms with Crippen LogP contribution in [0.3, 0.4) is 0 Å². The Hall–Kier alpha value is -1.10. The van der Waals surface area contributed by atoms with E-state index >= 15 is 0 Å². The molecule has 0 radical (unpaired) electrons. The molecule has 0 aromatic carbocycles. The van der Waals surface area contributed by atoms with Gasteiger partial charge in [-0.1, -0.05) is 0 Å². The number of rotatable bonds is 7. The number of carboxylic acid groups (broad SMARTS) is 1. The van der Waals surface area contributed by atoms with Crippen molar-refractivity contribution >= 4 is 11.9 Å². The standard InChI is InChI=1S/C11H18N2O3/c14-10(8-6-9(8)11(15)16)13-5-1-4-12-7-2-3-7/h7-9,12H,1-6H2,(H,13,14)(H,15,16). The number of aliphatic carboxylic acids is 1. The van der Waals surface area contributed by atoms with Crippen LogP contribution in [0.5, 0.6) is 0 Å².